The molecule has 0 bridgehead atoms. The van der Waals surface area contributed by atoms with Gasteiger partial charge in [0.05, 0.1) is 10.2 Å². The van der Waals surface area contributed by atoms with Crippen LogP contribution in [0.1, 0.15) is 26.3 Å². The lowest BCUT2D eigenvalue weighted by atomic mass is 9.87. The standard InChI is InChI=1S/C18H16ClN3OS/c1-18(2,3)10-4-7-14-13(8-10)20-16(23-14)22-17-21-12-6-5-11(19)9-15(12)24-17/h4-9H,1-3H3,(H,20,21,22). The Kier molecular flexibility index (Phi) is 3.51. The molecule has 0 radical (unpaired) electrons. The summed E-state index contributed by atoms with van der Waals surface area (Å²) in [5.41, 5.74) is 3.80. The van der Waals surface area contributed by atoms with E-state index < -0.39 is 0 Å². The highest BCUT2D eigenvalue weighted by molar-refractivity contribution is 7.22. The van der Waals surface area contributed by atoms with Gasteiger partial charge in [-0.3, -0.25) is 5.32 Å². The van der Waals surface area contributed by atoms with E-state index in [0.717, 1.165) is 26.4 Å². The molecular weight excluding hydrogens is 342 g/mol. The predicted molar refractivity (Wildman–Crippen MR) is 101 cm³/mol. The summed E-state index contributed by atoms with van der Waals surface area (Å²) < 4.78 is 6.80. The van der Waals surface area contributed by atoms with Crippen molar-refractivity contribution in [3.8, 4) is 0 Å². The van der Waals surface area contributed by atoms with Crippen LogP contribution in [0.3, 0.4) is 0 Å². The van der Waals surface area contributed by atoms with Crippen molar-refractivity contribution in [2.45, 2.75) is 26.2 Å². The zero-order valence-corrected chi connectivity index (χ0v) is 15.1. The Balaban J connectivity index is 1.68. The highest BCUT2D eigenvalue weighted by Gasteiger charge is 2.16. The summed E-state index contributed by atoms with van der Waals surface area (Å²) in [5, 5.41) is 4.58. The molecule has 122 valence electrons. The van der Waals surface area contributed by atoms with E-state index in [0.29, 0.717) is 11.0 Å². The van der Waals surface area contributed by atoms with Crippen molar-refractivity contribution in [1.82, 2.24) is 9.97 Å². The quantitative estimate of drug-likeness (QED) is 0.468. The number of rotatable bonds is 2. The van der Waals surface area contributed by atoms with Gasteiger partial charge in [-0.05, 0) is 41.3 Å². The topological polar surface area (TPSA) is 51.0 Å². The molecule has 0 spiro atoms. The van der Waals surface area contributed by atoms with E-state index >= 15 is 0 Å². The van der Waals surface area contributed by atoms with Crippen molar-refractivity contribution in [3.63, 3.8) is 0 Å². The summed E-state index contributed by atoms with van der Waals surface area (Å²) in [7, 11) is 0. The minimum Gasteiger partial charge on any atom is -0.423 e. The number of hydrogen-bond donors (Lipinski definition) is 1. The molecule has 0 aliphatic heterocycles. The van der Waals surface area contributed by atoms with Crippen LogP contribution in [0.4, 0.5) is 11.1 Å². The van der Waals surface area contributed by atoms with Crippen LogP contribution in [0.25, 0.3) is 21.3 Å². The highest BCUT2D eigenvalue weighted by atomic mass is 35.5. The van der Waals surface area contributed by atoms with E-state index in [2.05, 4.69) is 48.2 Å². The van der Waals surface area contributed by atoms with Crippen molar-refractivity contribution in [3.05, 3.63) is 47.0 Å². The number of oxazole rings is 1. The first-order valence-electron chi connectivity index (χ1n) is 7.63. The van der Waals surface area contributed by atoms with Gasteiger partial charge in [0.1, 0.15) is 5.52 Å². The minimum atomic E-state index is 0.0764. The number of nitrogens with zero attached hydrogens (tertiary/aromatic N) is 2. The van der Waals surface area contributed by atoms with Crippen LogP contribution < -0.4 is 5.32 Å². The summed E-state index contributed by atoms with van der Waals surface area (Å²) in [4.78, 5) is 9.06. The molecule has 2 aromatic carbocycles. The van der Waals surface area contributed by atoms with Crippen molar-refractivity contribution < 1.29 is 4.42 Å². The molecule has 0 aliphatic carbocycles. The number of anilines is 2. The number of benzene rings is 2. The van der Waals surface area contributed by atoms with Gasteiger partial charge in [0.25, 0.3) is 0 Å². The van der Waals surface area contributed by atoms with Crippen molar-refractivity contribution in [2.24, 2.45) is 0 Å². The Morgan fingerprint density at radius 1 is 1.04 bits per heavy atom. The third-order valence-electron chi connectivity index (χ3n) is 3.82. The number of nitrogens with one attached hydrogen (secondary N) is 1. The van der Waals surface area contributed by atoms with Crippen LogP contribution in [0.15, 0.2) is 40.8 Å². The van der Waals surface area contributed by atoms with Crippen molar-refractivity contribution in [2.75, 3.05) is 5.32 Å². The second-order valence-electron chi connectivity index (χ2n) is 6.71. The molecule has 0 fully saturated rings. The molecule has 0 aliphatic rings. The van der Waals surface area contributed by atoms with Gasteiger partial charge in [-0.15, -0.1) is 0 Å². The Morgan fingerprint density at radius 2 is 1.88 bits per heavy atom. The van der Waals surface area contributed by atoms with Crippen LogP contribution in [0.2, 0.25) is 5.02 Å². The Labute approximate surface area is 148 Å². The number of fused-ring (bicyclic) bond motifs is 2. The first-order valence-corrected chi connectivity index (χ1v) is 8.82. The zero-order chi connectivity index (χ0) is 16.9. The molecule has 24 heavy (non-hydrogen) atoms. The average molecular weight is 358 g/mol. The fourth-order valence-corrected chi connectivity index (χ4v) is 3.62. The summed E-state index contributed by atoms with van der Waals surface area (Å²) >= 11 is 7.54. The van der Waals surface area contributed by atoms with Crippen molar-refractivity contribution >= 4 is 55.4 Å². The summed E-state index contributed by atoms with van der Waals surface area (Å²) in [5.74, 6) is 0. The molecule has 6 heteroatoms. The predicted octanol–water partition coefficient (Wildman–Crippen LogP) is 6.13. The maximum absolute atomic E-state index is 6.02. The fourth-order valence-electron chi connectivity index (χ4n) is 2.49. The Hall–Kier alpha value is -2.11. The Bertz CT molecular complexity index is 1050. The largest absolute Gasteiger partial charge is 0.423 e. The Morgan fingerprint density at radius 3 is 2.67 bits per heavy atom. The minimum absolute atomic E-state index is 0.0764. The average Bonchev–Trinajstić information content (AvgIpc) is 3.07. The number of aromatic nitrogens is 2. The fraction of sp³-hybridized carbons (Fsp3) is 0.222. The van der Waals surface area contributed by atoms with Gasteiger partial charge in [0.15, 0.2) is 10.7 Å². The van der Waals surface area contributed by atoms with Crippen molar-refractivity contribution in [1.29, 1.82) is 0 Å². The van der Waals surface area contributed by atoms with Crippen LogP contribution in [-0.4, -0.2) is 9.97 Å². The molecule has 0 unspecified atom stereocenters. The van der Waals surface area contributed by atoms with E-state index in [-0.39, 0.29) is 5.41 Å². The summed E-state index contributed by atoms with van der Waals surface area (Å²) in [6.07, 6.45) is 0. The maximum atomic E-state index is 6.02. The molecule has 2 heterocycles. The summed E-state index contributed by atoms with van der Waals surface area (Å²) in [6.45, 7) is 6.54. The van der Waals surface area contributed by atoms with Crippen LogP contribution in [0.5, 0.6) is 0 Å². The number of thiazole rings is 1. The molecule has 4 rings (SSSR count). The van der Waals surface area contributed by atoms with Gasteiger partial charge in [-0.1, -0.05) is 49.8 Å². The van der Waals surface area contributed by atoms with Gasteiger partial charge in [-0.25, -0.2) is 4.98 Å². The lowest BCUT2D eigenvalue weighted by Gasteiger charge is -2.18. The first kappa shape index (κ1) is 15.4. The van der Waals surface area contributed by atoms with Gasteiger partial charge in [0, 0.05) is 5.02 Å². The second kappa shape index (κ2) is 5.46. The molecule has 1 N–H and O–H groups in total. The molecule has 0 atom stereocenters. The summed E-state index contributed by atoms with van der Waals surface area (Å²) in [6, 6.07) is 12.2. The molecule has 4 aromatic rings. The third-order valence-corrected chi connectivity index (χ3v) is 4.99. The number of hydrogen-bond acceptors (Lipinski definition) is 5. The zero-order valence-electron chi connectivity index (χ0n) is 13.6. The maximum Gasteiger partial charge on any atom is 0.302 e. The molecule has 4 nitrogen and oxygen atoms in total. The SMILES string of the molecule is CC(C)(C)c1ccc2oc(Nc3nc4ccc(Cl)cc4s3)nc2c1. The lowest BCUT2D eigenvalue weighted by molar-refractivity contribution is 0.590. The van der Waals surface area contributed by atoms with Gasteiger partial charge < -0.3 is 4.42 Å². The molecule has 0 saturated heterocycles. The second-order valence-corrected chi connectivity index (χ2v) is 8.17. The smallest absolute Gasteiger partial charge is 0.302 e. The number of halogens is 1. The lowest BCUT2D eigenvalue weighted by Crippen LogP contribution is -2.10. The third kappa shape index (κ3) is 2.85. The van der Waals surface area contributed by atoms with Crippen LogP contribution in [-0.2, 0) is 5.41 Å². The first-order chi connectivity index (χ1) is 11.4. The molecule has 2 aromatic heterocycles. The van der Waals surface area contributed by atoms with Gasteiger partial charge >= 0.3 is 6.01 Å². The van der Waals surface area contributed by atoms with E-state index in [9.17, 15) is 0 Å². The van der Waals surface area contributed by atoms with Crippen LogP contribution >= 0.6 is 22.9 Å². The van der Waals surface area contributed by atoms with Crippen LogP contribution in [0, 0.1) is 0 Å². The van der Waals surface area contributed by atoms with E-state index in [1.54, 1.807) is 0 Å². The van der Waals surface area contributed by atoms with E-state index in [4.69, 9.17) is 16.0 Å². The van der Waals surface area contributed by atoms with E-state index in [1.165, 1.54) is 16.9 Å². The molecule has 0 amide bonds. The van der Waals surface area contributed by atoms with Gasteiger partial charge in [-0.2, -0.15) is 4.98 Å². The monoisotopic (exact) mass is 357 g/mol. The van der Waals surface area contributed by atoms with Gasteiger partial charge in [0.2, 0.25) is 0 Å². The normalized spacial score (nSPS) is 12.2. The van der Waals surface area contributed by atoms with E-state index in [1.807, 2.05) is 24.3 Å². The molecular formula is C18H16ClN3OS. The highest BCUT2D eigenvalue weighted by Crippen LogP contribution is 2.32. The molecule has 0 saturated carbocycles.